The second-order valence-electron chi connectivity index (χ2n) is 7.09. The van der Waals surface area contributed by atoms with Gasteiger partial charge in [-0.15, -0.1) is 0 Å². The molecule has 1 heterocycles. The second kappa shape index (κ2) is 9.21. The third-order valence-electron chi connectivity index (χ3n) is 5.11. The summed E-state index contributed by atoms with van der Waals surface area (Å²) in [6.07, 6.45) is 0.393. The van der Waals surface area contributed by atoms with Crippen LogP contribution in [0.4, 0.5) is 0 Å². The summed E-state index contributed by atoms with van der Waals surface area (Å²) in [7, 11) is 0. The lowest BCUT2D eigenvalue weighted by molar-refractivity contribution is 0.313. The van der Waals surface area contributed by atoms with E-state index >= 15 is 0 Å². The lowest BCUT2D eigenvalue weighted by atomic mass is 9.93. The van der Waals surface area contributed by atoms with Crippen molar-refractivity contribution in [3.05, 3.63) is 92.9 Å². The molecule has 1 aliphatic heterocycles. The molecule has 3 aromatic rings. The summed E-state index contributed by atoms with van der Waals surface area (Å²) in [5.74, 6) is 0.663. The molecule has 0 radical (unpaired) electrons. The minimum atomic E-state index is -0.255. The molecule has 2 N–H and O–H groups in total. The number of nitrogens with one attached hydrogen (secondary N) is 1. The Morgan fingerprint density at radius 2 is 1.83 bits per heavy atom. The van der Waals surface area contributed by atoms with Crippen LogP contribution in [-0.2, 0) is 0 Å². The van der Waals surface area contributed by atoms with E-state index in [9.17, 15) is 5.11 Å². The molecule has 4 rings (SSSR count). The Bertz CT molecular complexity index is 1050. The molecule has 6 heteroatoms. The number of hydrogen-bond donors (Lipinski definition) is 2. The minimum absolute atomic E-state index is 0.123. The highest BCUT2D eigenvalue weighted by Gasteiger charge is 2.28. The summed E-state index contributed by atoms with van der Waals surface area (Å²) in [5.41, 5.74) is 3.85. The Hall–Kier alpha value is -2.34. The SMILES string of the molecule is CCOc1cccc(C2CC(c3ccc(Br)cc3)=NC(c3ccc(Cl)cc3)N2)c1O. The van der Waals surface area contributed by atoms with E-state index in [0.717, 1.165) is 26.9 Å². The largest absolute Gasteiger partial charge is 0.504 e. The van der Waals surface area contributed by atoms with Crippen molar-refractivity contribution in [3.63, 3.8) is 0 Å². The number of ether oxygens (including phenoxy) is 1. The zero-order valence-corrected chi connectivity index (χ0v) is 18.8. The summed E-state index contributed by atoms with van der Waals surface area (Å²) in [6.45, 7) is 2.40. The van der Waals surface area contributed by atoms with Gasteiger partial charge in [0, 0.05) is 33.2 Å². The molecule has 2 unspecified atom stereocenters. The summed E-state index contributed by atoms with van der Waals surface area (Å²) < 4.78 is 6.61. The predicted octanol–water partition coefficient (Wildman–Crippen LogP) is 6.43. The Labute approximate surface area is 189 Å². The quantitative estimate of drug-likeness (QED) is 0.438. The molecule has 2 atom stereocenters. The predicted molar refractivity (Wildman–Crippen MR) is 125 cm³/mol. The number of phenolic OH excluding ortho intramolecular Hbond substituents is 1. The molecule has 1 aliphatic rings. The average Bonchev–Trinajstić information content (AvgIpc) is 2.76. The molecule has 154 valence electrons. The topological polar surface area (TPSA) is 53.8 Å². The van der Waals surface area contributed by atoms with Gasteiger partial charge in [0.2, 0.25) is 0 Å². The van der Waals surface area contributed by atoms with Crippen LogP contribution in [0.5, 0.6) is 11.5 Å². The number of aromatic hydroxyl groups is 1. The third-order valence-corrected chi connectivity index (χ3v) is 5.89. The van der Waals surface area contributed by atoms with Crippen molar-refractivity contribution in [3.8, 4) is 11.5 Å². The molecule has 0 fully saturated rings. The second-order valence-corrected chi connectivity index (χ2v) is 8.44. The van der Waals surface area contributed by atoms with Crippen molar-refractivity contribution >= 4 is 33.2 Å². The summed E-state index contributed by atoms with van der Waals surface area (Å²) >= 11 is 9.57. The Balaban J connectivity index is 1.74. The van der Waals surface area contributed by atoms with Gasteiger partial charge in [-0.1, -0.05) is 63.9 Å². The van der Waals surface area contributed by atoms with E-state index in [1.54, 1.807) is 6.07 Å². The number of aliphatic imine (C=N–C) groups is 1. The fourth-order valence-electron chi connectivity index (χ4n) is 3.63. The highest BCUT2D eigenvalue weighted by molar-refractivity contribution is 9.10. The Morgan fingerprint density at radius 3 is 2.53 bits per heavy atom. The molecule has 3 aromatic carbocycles. The van der Waals surface area contributed by atoms with Gasteiger partial charge in [0.1, 0.15) is 6.17 Å². The first-order valence-corrected chi connectivity index (χ1v) is 11.0. The van der Waals surface area contributed by atoms with Crippen LogP contribution in [0.25, 0.3) is 0 Å². The monoisotopic (exact) mass is 484 g/mol. The normalized spacial score (nSPS) is 18.7. The highest BCUT2D eigenvalue weighted by Crippen LogP contribution is 2.39. The standard InChI is InChI=1S/C24H22BrClN2O2/c1-2-30-22-5-3-4-19(23(22)29)21-14-20(15-6-10-17(25)11-7-15)27-24(28-21)16-8-12-18(26)13-9-16/h3-13,21,24,28-29H,2,14H2,1H3. The van der Waals surface area contributed by atoms with Crippen LogP contribution in [-0.4, -0.2) is 17.4 Å². The summed E-state index contributed by atoms with van der Waals surface area (Å²) in [6, 6.07) is 21.3. The fraction of sp³-hybridized carbons (Fsp3) is 0.208. The molecule has 0 spiro atoms. The molecule has 0 aliphatic carbocycles. The smallest absolute Gasteiger partial charge is 0.162 e. The molecule has 0 saturated carbocycles. The maximum absolute atomic E-state index is 10.8. The zero-order valence-electron chi connectivity index (χ0n) is 16.5. The van der Waals surface area contributed by atoms with E-state index in [0.29, 0.717) is 23.8 Å². The van der Waals surface area contributed by atoms with Gasteiger partial charge < -0.3 is 9.84 Å². The van der Waals surface area contributed by atoms with Gasteiger partial charge in [-0.05, 0) is 48.4 Å². The van der Waals surface area contributed by atoms with Crippen molar-refractivity contribution < 1.29 is 9.84 Å². The molecule has 0 bridgehead atoms. The molecular weight excluding hydrogens is 464 g/mol. The van der Waals surface area contributed by atoms with Crippen molar-refractivity contribution in [2.45, 2.75) is 25.6 Å². The van der Waals surface area contributed by atoms with Crippen LogP contribution in [0.1, 0.15) is 42.2 Å². The van der Waals surface area contributed by atoms with Crippen LogP contribution in [0, 0.1) is 0 Å². The van der Waals surface area contributed by atoms with Crippen molar-refractivity contribution in [1.29, 1.82) is 0 Å². The van der Waals surface area contributed by atoms with Gasteiger partial charge in [0.05, 0.1) is 6.61 Å². The highest BCUT2D eigenvalue weighted by atomic mass is 79.9. The van der Waals surface area contributed by atoms with Crippen molar-refractivity contribution in [2.24, 2.45) is 4.99 Å². The van der Waals surface area contributed by atoms with Crippen molar-refractivity contribution in [2.75, 3.05) is 6.61 Å². The van der Waals surface area contributed by atoms with Gasteiger partial charge in [0.25, 0.3) is 0 Å². The zero-order chi connectivity index (χ0) is 21.1. The van der Waals surface area contributed by atoms with Gasteiger partial charge in [-0.2, -0.15) is 0 Å². The molecule has 30 heavy (non-hydrogen) atoms. The van der Waals surface area contributed by atoms with Gasteiger partial charge in [0.15, 0.2) is 11.5 Å². The third kappa shape index (κ3) is 4.53. The first-order valence-electron chi connectivity index (χ1n) is 9.84. The van der Waals surface area contributed by atoms with Crippen LogP contribution >= 0.6 is 27.5 Å². The Morgan fingerprint density at radius 1 is 1.10 bits per heavy atom. The molecule has 0 aromatic heterocycles. The van der Waals surface area contributed by atoms with Crippen LogP contribution < -0.4 is 10.1 Å². The molecule has 0 saturated heterocycles. The number of benzene rings is 3. The number of nitrogens with zero attached hydrogens (tertiary/aromatic N) is 1. The maximum atomic E-state index is 10.8. The van der Waals surface area contributed by atoms with E-state index < -0.39 is 0 Å². The van der Waals surface area contributed by atoms with E-state index in [1.165, 1.54) is 0 Å². The summed E-state index contributed by atoms with van der Waals surface area (Å²) in [4.78, 5) is 4.98. The molecule has 4 nitrogen and oxygen atoms in total. The van der Waals surface area contributed by atoms with Crippen LogP contribution in [0.2, 0.25) is 5.02 Å². The minimum Gasteiger partial charge on any atom is -0.504 e. The van der Waals surface area contributed by atoms with E-state index in [4.69, 9.17) is 21.3 Å². The fourth-order valence-corrected chi connectivity index (χ4v) is 4.02. The maximum Gasteiger partial charge on any atom is 0.162 e. The van der Waals surface area contributed by atoms with Crippen LogP contribution in [0.3, 0.4) is 0 Å². The number of hydrogen-bond acceptors (Lipinski definition) is 4. The van der Waals surface area contributed by atoms with E-state index in [2.05, 4.69) is 33.4 Å². The molecule has 0 amide bonds. The van der Waals surface area contributed by atoms with Gasteiger partial charge >= 0.3 is 0 Å². The molecular formula is C24H22BrClN2O2. The first-order chi connectivity index (χ1) is 14.5. The van der Waals surface area contributed by atoms with Crippen molar-refractivity contribution in [1.82, 2.24) is 5.32 Å². The lowest BCUT2D eigenvalue weighted by Gasteiger charge is -2.31. The van der Waals surface area contributed by atoms with E-state index in [-0.39, 0.29) is 18.0 Å². The number of para-hydroxylation sites is 1. The number of halogens is 2. The van der Waals surface area contributed by atoms with Gasteiger partial charge in [-0.3, -0.25) is 10.3 Å². The lowest BCUT2D eigenvalue weighted by Crippen LogP contribution is -2.33. The Kier molecular flexibility index (Phi) is 6.42. The average molecular weight is 486 g/mol. The summed E-state index contributed by atoms with van der Waals surface area (Å²) in [5, 5.41) is 15.1. The van der Waals surface area contributed by atoms with E-state index in [1.807, 2.05) is 55.5 Å². The van der Waals surface area contributed by atoms with Gasteiger partial charge in [-0.25, -0.2) is 0 Å². The van der Waals surface area contributed by atoms with Crippen LogP contribution in [0.15, 0.2) is 76.2 Å². The number of phenols is 1. The first kappa shape index (κ1) is 20.9. The number of rotatable bonds is 5.